The molecule has 0 bridgehead atoms. The molecule has 5 nitrogen and oxygen atoms in total. The van der Waals surface area contributed by atoms with Crippen molar-refractivity contribution in [2.24, 2.45) is 0 Å². The zero-order valence-corrected chi connectivity index (χ0v) is 11.0. The van der Waals surface area contributed by atoms with Crippen LogP contribution in [0.2, 0.25) is 0 Å². The maximum Gasteiger partial charge on any atom is 0.225 e. The van der Waals surface area contributed by atoms with Gasteiger partial charge in [-0.25, -0.2) is 15.0 Å². The molecule has 1 saturated heterocycles. The molecule has 6 heteroatoms. The first kappa shape index (κ1) is 11.4. The number of nitrogen functional groups attached to an aromatic ring is 1. The highest BCUT2D eigenvalue weighted by molar-refractivity contribution is 7.13. The van der Waals surface area contributed by atoms with E-state index in [0.717, 1.165) is 23.1 Å². The van der Waals surface area contributed by atoms with E-state index < -0.39 is 0 Å². The Morgan fingerprint density at radius 3 is 2.72 bits per heavy atom. The van der Waals surface area contributed by atoms with Crippen molar-refractivity contribution in [3.05, 3.63) is 17.8 Å². The molecule has 1 atom stereocenters. The van der Waals surface area contributed by atoms with Crippen molar-refractivity contribution >= 4 is 23.1 Å². The van der Waals surface area contributed by atoms with Gasteiger partial charge in [0, 0.05) is 35.9 Å². The molecular formula is C12H15N5S. The van der Waals surface area contributed by atoms with Gasteiger partial charge in [-0.05, 0) is 19.8 Å². The molecule has 0 amide bonds. The van der Waals surface area contributed by atoms with Gasteiger partial charge in [0.1, 0.15) is 10.8 Å². The SMILES string of the molecule is C[C@@H]1CCCN1c1ncc(-c2nc(N)cs2)cn1. The smallest absolute Gasteiger partial charge is 0.225 e. The second-order valence-electron chi connectivity index (χ2n) is 4.53. The third kappa shape index (κ3) is 2.03. The van der Waals surface area contributed by atoms with Crippen molar-refractivity contribution in [1.29, 1.82) is 0 Å². The summed E-state index contributed by atoms with van der Waals surface area (Å²) in [4.78, 5) is 15.4. The molecule has 0 radical (unpaired) electrons. The number of rotatable bonds is 2. The monoisotopic (exact) mass is 261 g/mol. The highest BCUT2D eigenvalue weighted by Crippen LogP contribution is 2.26. The van der Waals surface area contributed by atoms with Crippen molar-refractivity contribution in [3.63, 3.8) is 0 Å². The van der Waals surface area contributed by atoms with E-state index in [1.54, 1.807) is 0 Å². The van der Waals surface area contributed by atoms with Gasteiger partial charge in [-0.15, -0.1) is 11.3 Å². The lowest BCUT2D eigenvalue weighted by Gasteiger charge is -2.20. The van der Waals surface area contributed by atoms with Gasteiger partial charge < -0.3 is 10.6 Å². The summed E-state index contributed by atoms with van der Waals surface area (Å²) in [5.74, 6) is 1.36. The Kier molecular flexibility index (Phi) is 2.87. The van der Waals surface area contributed by atoms with E-state index in [-0.39, 0.29) is 0 Å². The molecule has 1 aliphatic heterocycles. The van der Waals surface area contributed by atoms with E-state index in [1.807, 2.05) is 17.8 Å². The Morgan fingerprint density at radius 2 is 2.17 bits per heavy atom. The fraction of sp³-hybridized carbons (Fsp3) is 0.417. The summed E-state index contributed by atoms with van der Waals surface area (Å²) in [7, 11) is 0. The molecule has 2 N–H and O–H groups in total. The van der Waals surface area contributed by atoms with Crippen LogP contribution >= 0.6 is 11.3 Å². The van der Waals surface area contributed by atoms with E-state index in [0.29, 0.717) is 11.9 Å². The molecule has 2 aromatic heterocycles. The highest BCUT2D eigenvalue weighted by atomic mass is 32.1. The van der Waals surface area contributed by atoms with E-state index in [4.69, 9.17) is 5.73 Å². The predicted molar refractivity (Wildman–Crippen MR) is 73.6 cm³/mol. The number of aromatic nitrogens is 3. The summed E-state index contributed by atoms with van der Waals surface area (Å²) < 4.78 is 0. The first-order valence-electron chi connectivity index (χ1n) is 6.04. The Bertz CT molecular complexity index is 536. The van der Waals surface area contributed by atoms with Gasteiger partial charge in [-0.2, -0.15) is 0 Å². The summed E-state index contributed by atoms with van der Waals surface area (Å²) in [6.45, 7) is 3.26. The van der Waals surface area contributed by atoms with Crippen LogP contribution in [0.3, 0.4) is 0 Å². The minimum absolute atomic E-state index is 0.534. The Hall–Kier alpha value is -1.69. The Morgan fingerprint density at radius 1 is 1.39 bits per heavy atom. The first-order chi connectivity index (χ1) is 8.74. The summed E-state index contributed by atoms with van der Waals surface area (Å²) in [6, 6.07) is 0.534. The standard InChI is InChI=1S/C12H15N5S/c1-8-3-2-4-17(8)12-14-5-9(6-15-12)11-16-10(13)7-18-11/h5-8H,2-4,13H2,1H3/t8-/m1/s1. The molecule has 3 heterocycles. The van der Waals surface area contributed by atoms with Crippen molar-refractivity contribution in [2.45, 2.75) is 25.8 Å². The minimum Gasteiger partial charge on any atom is -0.383 e. The Balaban J connectivity index is 1.85. The number of anilines is 2. The van der Waals surface area contributed by atoms with Gasteiger partial charge in [0.05, 0.1) is 0 Å². The average Bonchev–Trinajstić information content (AvgIpc) is 2.98. The number of hydrogen-bond donors (Lipinski definition) is 1. The molecule has 0 aliphatic carbocycles. The molecular weight excluding hydrogens is 246 g/mol. The quantitative estimate of drug-likeness (QED) is 0.897. The minimum atomic E-state index is 0.534. The zero-order valence-electron chi connectivity index (χ0n) is 10.2. The summed E-state index contributed by atoms with van der Waals surface area (Å²) >= 11 is 1.51. The topological polar surface area (TPSA) is 67.9 Å². The number of nitrogens with two attached hydrogens (primary N) is 1. The molecule has 0 spiro atoms. The van der Waals surface area contributed by atoms with E-state index in [2.05, 4.69) is 26.8 Å². The fourth-order valence-corrected chi connectivity index (χ4v) is 2.91. The highest BCUT2D eigenvalue weighted by Gasteiger charge is 2.22. The van der Waals surface area contributed by atoms with Crippen LogP contribution in [0, 0.1) is 0 Å². The first-order valence-corrected chi connectivity index (χ1v) is 6.92. The summed E-state index contributed by atoms with van der Waals surface area (Å²) in [5, 5.41) is 2.69. The third-order valence-corrected chi connectivity index (χ3v) is 4.13. The molecule has 2 aromatic rings. The lowest BCUT2D eigenvalue weighted by molar-refractivity contribution is 0.717. The molecule has 1 fully saturated rings. The fourth-order valence-electron chi connectivity index (χ4n) is 2.23. The van der Waals surface area contributed by atoms with Crippen molar-refractivity contribution < 1.29 is 0 Å². The van der Waals surface area contributed by atoms with Crippen LogP contribution in [-0.2, 0) is 0 Å². The van der Waals surface area contributed by atoms with Crippen molar-refractivity contribution in [3.8, 4) is 10.6 Å². The van der Waals surface area contributed by atoms with Gasteiger partial charge >= 0.3 is 0 Å². The molecule has 18 heavy (non-hydrogen) atoms. The number of nitrogens with zero attached hydrogens (tertiary/aromatic N) is 4. The zero-order chi connectivity index (χ0) is 12.5. The molecule has 0 unspecified atom stereocenters. The van der Waals surface area contributed by atoms with Crippen LogP contribution in [0.25, 0.3) is 10.6 Å². The summed E-state index contributed by atoms with van der Waals surface area (Å²) in [5.41, 5.74) is 6.54. The second-order valence-corrected chi connectivity index (χ2v) is 5.39. The van der Waals surface area contributed by atoms with Crippen LogP contribution < -0.4 is 10.6 Å². The van der Waals surface area contributed by atoms with E-state index in [1.165, 1.54) is 24.2 Å². The maximum absolute atomic E-state index is 5.61. The van der Waals surface area contributed by atoms with Crippen LogP contribution in [0.5, 0.6) is 0 Å². The van der Waals surface area contributed by atoms with Gasteiger partial charge in [-0.3, -0.25) is 0 Å². The average molecular weight is 261 g/mol. The van der Waals surface area contributed by atoms with E-state index >= 15 is 0 Å². The molecule has 94 valence electrons. The van der Waals surface area contributed by atoms with Crippen LogP contribution in [0.1, 0.15) is 19.8 Å². The van der Waals surface area contributed by atoms with Gasteiger partial charge in [0.15, 0.2) is 0 Å². The lowest BCUT2D eigenvalue weighted by Crippen LogP contribution is -2.28. The van der Waals surface area contributed by atoms with Crippen LogP contribution in [0.4, 0.5) is 11.8 Å². The molecule has 1 aliphatic rings. The normalized spacial score (nSPS) is 19.4. The third-order valence-electron chi connectivity index (χ3n) is 3.22. The number of hydrogen-bond acceptors (Lipinski definition) is 6. The largest absolute Gasteiger partial charge is 0.383 e. The molecule has 0 saturated carbocycles. The lowest BCUT2D eigenvalue weighted by atomic mass is 10.2. The molecule has 0 aromatic carbocycles. The van der Waals surface area contributed by atoms with Crippen molar-refractivity contribution in [2.75, 3.05) is 17.2 Å². The second kappa shape index (κ2) is 4.53. The van der Waals surface area contributed by atoms with Crippen LogP contribution in [0.15, 0.2) is 17.8 Å². The van der Waals surface area contributed by atoms with Crippen molar-refractivity contribution in [1.82, 2.24) is 15.0 Å². The van der Waals surface area contributed by atoms with Gasteiger partial charge in [0.2, 0.25) is 5.95 Å². The molecule has 3 rings (SSSR count). The van der Waals surface area contributed by atoms with Crippen LogP contribution in [-0.4, -0.2) is 27.5 Å². The maximum atomic E-state index is 5.61. The number of thiazole rings is 1. The van der Waals surface area contributed by atoms with Gasteiger partial charge in [0.25, 0.3) is 0 Å². The predicted octanol–water partition coefficient (Wildman–Crippen LogP) is 2.17. The van der Waals surface area contributed by atoms with E-state index in [9.17, 15) is 0 Å². The summed E-state index contributed by atoms with van der Waals surface area (Å²) in [6.07, 6.45) is 6.08. The van der Waals surface area contributed by atoms with Gasteiger partial charge in [-0.1, -0.05) is 0 Å². The Labute approximate surface area is 110 Å².